The van der Waals surface area contributed by atoms with Gasteiger partial charge in [0.25, 0.3) is 0 Å². The smallest absolute Gasteiger partial charge is 0.147 e. The maximum atomic E-state index is 9.36. The van der Waals surface area contributed by atoms with E-state index in [1.54, 1.807) is 7.11 Å². The van der Waals surface area contributed by atoms with Crippen molar-refractivity contribution >= 4 is 16.7 Å². The number of hydrogen-bond donors (Lipinski definition) is 0. The Kier molecular flexibility index (Phi) is 5.09. The third kappa shape index (κ3) is 3.47. The Bertz CT molecular complexity index is 699. The lowest BCUT2D eigenvalue weighted by atomic mass is 10.1. The molecule has 5 nitrogen and oxygen atoms in total. The van der Waals surface area contributed by atoms with Gasteiger partial charge in [0.05, 0.1) is 30.2 Å². The third-order valence-electron chi connectivity index (χ3n) is 3.18. The molecule has 0 amide bonds. The molecule has 0 fully saturated rings. The number of para-hydroxylation sites is 1. The minimum absolute atomic E-state index is 0.378. The highest BCUT2D eigenvalue weighted by Crippen LogP contribution is 2.23. The van der Waals surface area contributed by atoms with Crippen LogP contribution in [0.15, 0.2) is 30.3 Å². The van der Waals surface area contributed by atoms with Gasteiger partial charge in [0.2, 0.25) is 0 Å². The van der Waals surface area contributed by atoms with Crippen molar-refractivity contribution in [3.8, 4) is 12.1 Å². The Morgan fingerprint density at radius 1 is 1.24 bits per heavy atom. The molecule has 21 heavy (non-hydrogen) atoms. The van der Waals surface area contributed by atoms with Gasteiger partial charge in [-0.3, -0.25) is 0 Å². The van der Waals surface area contributed by atoms with Crippen LogP contribution in [0, 0.1) is 22.7 Å². The third-order valence-corrected chi connectivity index (χ3v) is 3.18. The van der Waals surface area contributed by atoms with E-state index in [0.717, 1.165) is 10.9 Å². The van der Waals surface area contributed by atoms with E-state index in [0.29, 0.717) is 37.5 Å². The zero-order valence-corrected chi connectivity index (χ0v) is 11.9. The molecule has 0 aliphatic carbocycles. The molecule has 2 rings (SSSR count). The highest BCUT2D eigenvalue weighted by molar-refractivity contribution is 5.83. The van der Waals surface area contributed by atoms with Crippen LogP contribution in [0.4, 0.5) is 5.82 Å². The number of rotatable bonds is 6. The Morgan fingerprint density at radius 3 is 2.76 bits per heavy atom. The summed E-state index contributed by atoms with van der Waals surface area (Å²) in [5.41, 5.74) is 1.36. The standard InChI is InChI=1S/C16H16N4O/c1-21-10-9-20(8-4-7-17)16-14(12-18)11-13-5-2-3-6-15(13)19-16/h2-3,5-6,11H,4,8-10H2,1H3. The summed E-state index contributed by atoms with van der Waals surface area (Å²) in [6.45, 7) is 1.64. The topological polar surface area (TPSA) is 72.9 Å². The summed E-state index contributed by atoms with van der Waals surface area (Å²) in [5.74, 6) is 0.614. The van der Waals surface area contributed by atoms with Gasteiger partial charge in [-0.25, -0.2) is 4.98 Å². The fourth-order valence-corrected chi connectivity index (χ4v) is 2.14. The van der Waals surface area contributed by atoms with Crippen LogP contribution in [0.2, 0.25) is 0 Å². The van der Waals surface area contributed by atoms with Gasteiger partial charge in [-0.05, 0) is 12.1 Å². The van der Waals surface area contributed by atoms with E-state index < -0.39 is 0 Å². The molecule has 0 aliphatic rings. The minimum atomic E-state index is 0.378. The Hall–Kier alpha value is -2.63. The van der Waals surface area contributed by atoms with E-state index in [4.69, 9.17) is 10.00 Å². The van der Waals surface area contributed by atoms with Crippen LogP contribution in [0.5, 0.6) is 0 Å². The van der Waals surface area contributed by atoms with E-state index in [1.165, 1.54) is 0 Å². The van der Waals surface area contributed by atoms with E-state index >= 15 is 0 Å². The van der Waals surface area contributed by atoms with Gasteiger partial charge >= 0.3 is 0 Å². The van der Waals surface area contributed by atoms with Crippen LogP contribution in [0.1, 0.15) is 12.0 Å². The van der Waals surface area contributed by atoms with Crippen molar-refractivity contribution in [2.75, 3.05) is 31.7 Å². The van der Waals surface area contributed by atoms with Crippen molar-refractivity contribution < 1.29 is 4.74 Å². The molecule has 0 aliphatic heterocycles. The lowest BCUT2D eigenvalue weighted by Gasteiger charge is -2.23. The Labute approximate surface area is 124 Å². The number of aromatic nitrogens is 1. The zero-order chi connectivity index (χ0) is 15.1. The van der Waals surface area contributed by atoms with E-state index in [9.17, 15) is 5.26 Å². The predicted molar refractivity (Wildman–Crippen MR) is 80.8 cm³/mol. The zero-order valence-electron chi connectivity index (χ0n) is 11.9. The Morgan fingerprint density at radius 2 is 2.05 bits per heavy atom. The maximum Gasteiger partial charge on any atom is 0.147 e. The predicted octanol–water partition coefficient (Wildman–Crippen LogP) is 2.47. The lowest BCUT2D eigenvalue weighted by Crippen LogP contribution is -2.29. The summed E-state index contributed by atoms with van der Waals surface area (Å²) in [4.78, 5) is 6.52. The second-order valence-corrected chi connectivity index (χ2v) is 4.55. The van der Waals surface area contributed by atoms with E-state index in [-0.39, 0.29) is 0 Å². The number of methoxy groups -OCH3 is 1. The minimum Gasteiger partial charge on any atom is -0.383 e. The van der Waals surface area contributed by atoms with E-state index in [1.807, 2.05) is 35.2 Å². The molecular formula is C16H16N4O. The first-order chi connectivity index (χ1) is 10.3. The van der Waals surface area contributed by atoms with Gasteiger partial charge < -0.3 is 9.64 Å². The summed E-state index contributed by atoms with van der Waals surface area (Å²) < 4.78 is 5.10. The number of fused-ring (bicyclic) bond motifs is 1. The summed E-state index contributed by atoms with van der Waals surface area (Å²) in [6, 6.07) is 13.8. The monoisotopic (exact) mass is 280 g/mol. The normalized spacial score (nSPS) is 10.0. The first kappa shape index (κ1) is 14.8. The Balaban J connectivity index is 2.44. The summed E-state index contributed by atoms with van der Waals surface area (Å²) in [6.07, 6.45) is 0.378. The van der Waals surface area contributed by atoms with Gasteiger partial charge in [-0.15, -0.1) is 0 Å². The molecule has 1 aromatic carbocycles. The van der Waals surface area contributed by atoms with Crippen molar-refractivity contribution in [3.63, 3.8) is 0 Å². The highest BCUT2D eigenvalue weighted by atomic mass is 16.5. The van der Waals surface area contributed by atoms with Gasteiger partial charge in [0.1, 0.15) is 11.9 Å². The van der Waals surface area contributed by atoms with Crippen LogP contribution in [0.3, 0.4) is 0 Å². The molecule has 0 saturated heterocycles. The largest absolute Gasteiger partial charge is 0.383 e. The molecule has 5 heteroatoms. The summed E-state index contributed by atoms with van der Waals surface area (Å²) in [5, 5.41) is 19.1. The number of ether oxygens (including phenoxy) is 1. The molecule has 0 N–H and O–H groups in total. The van der Waals surface area contributed by atoms with Crippen LogP contribution in [-0.4, -0.2) is 31.8 Å². The number of benzene rings is 1. The van der Waals surface area contributed by atoms with Crippen molar-refractivity contribution in [3.05, 3.63) is 35.9 Å². The van der Waals surface area contributed by atoms with Crippen LogP contribution in [0.25, 0.3) is 10.9 Å². The van der Waals surface area contributed by atoms with Crippen molar-refractivity contribution in [1.82, 2.24) is 4.98 Å². The molecule has 0 spiro atoms. The average Bonchev–Trinajstić information content (AvgIpc) is 2.54. The average molecular weight is 280 g/mol. The number of pyridine rings is 1. The number of nitriles is 2. The van der Waals surface area contributed by atoms with Gasteiger partial charge in [-0.2, -0.15) is 10.5 Å². The van der Waals surface area contributed by atoms with Crippen LogP contribution < -0.4 is 4.90 Å². The molecule has 0 atom stereocenters. The maximum absolute atomic E-state index is 9.36. The fraction of sp³-hybridized carbons (Fsp3) is 0.312. The first-order valence-corrected chi connectivity index (χ1v) is 6.71. The molecule has 0 saturated carbocycles. The molecular weight excluding hydrogens is 264 g/mol. The fourth-order valence-electron chi connectivity index (χ4n) is 2.14. The first-order valence-electron chi connectivity index (χ1n) is 6.71. The molecule has 0 radical (unpaired) electrons. The lowest BCUT2D eigenvalue weighted by molar-refractivity contribution is 0.205. The molecule has 0 bridgehead atoms. The van der Waals surface area contributed by atoms with Gasteiger partial charge in [0, 0.05) is 25.6 Å². The molecule has 2 aromatic rings. The number of hydrogen-bond acceptors (Lipinski definition) is 5. The van der Waals surface area contributed by atoms with Crippen LogP contribution in [-0.2, 0) is 4.74 Å². The second kappa shape index (κ2) is 7.23. The number of nitrogens with zero attached hydrogens (tertiary/aromatic N) is 4. The van der Waals surface area contributed by atoms with Crippen molar-refractivity contribution in [2.45, 2.75) is 6.42 Å². The molecule has 1 aromatic heterocycles. The SMILES string of the molecule is COCCN(CCC#N)c1nc2ccccc2cc1C#N. The van der Waals surface area contributed by atoms with Crippen molar-refractivity contribution in [1.29, 1.82) is 10.5 Å². The quantitative estimate of drug-likeness (QED) is 0.812. The van der Waals surface area contributed by atoms with Crippen LogP contribution >= 0.6 is 0 Å². The second-order valence-electron chi connectivity index (χ2n) is 4.55. The summed E-state index contributed by atoms with van der Waals surface area (Å²) in [7, 11) is 1.63. The van der Waals surface area contributed by atoms with Gasteiger partial charge in [0.15, 0.2) is 0 Å². The summed E-state index contributed by atoms with van der Waals surface area (Å²) >= 11 is 0. The van der Waals surface area contributed by atoms with Gasteiger partial charge in [-0.1, -0.05) is 18.2 Å². The van der Waals surface area contributed by atoms with E-state index in [2.05, 4.69) is 17.1 Å². The van der Waals surface area contributed by atoms with Crippen molar-refractivity contribution in [2.24, 2.45) is 0 Å². The number of anilines is 1. The highest BCUT2D eigenvalue weighted by Gasteiger charge is 2.14. The molecule has 106 valence electrons. The molecule has 0 unspecified atom stereocenters. The molecule has 1 heterocycles.